The van der Waals surface area contributed by atoms with Gasteiger partial charge in [-0.2, -0.15) is 5.10 Å². The first kappa shape index (κ1) is 22.1. The molecule has 4 aromatic rings. The normalized spacial score (nSPS) is 16.1. The fourth-order valence-electron chi connectivity index (χ4n) is 5.47. The molecule has 0 aliphatic carbocycles. The first-order valence-electron chi connectivity index (χ1n) is 12.3. The monoisotopic (exact) mass is 444 g/mol. The Morgan fingerprint density at radius 3 is 2.70 bits per heavy atom. The summed E-state index contributed by atoms with van der Waals surface area (Å²) in [4.78, 5) is 13.1. The van der Waals surface area contributed by atoms with Gasteiger partial charge in [0.15, 0.2) is 5.65 Å². The van der Waals surface area contributed by atoms with Crippen LogP contribution in [0.5, 0.6) is 0 Å². The molecule has 33 heavy (non-hydrogen) atoms. The average Bonchev–Trinajstić information content (AvgIpc) is 3.43. The highest BCUT2D eigenvalue weighted by Gasteiger charge is 2.23. The van der Waals surface area contributed by atoms with E-state index in [1.165, 1.54) is 78.7 Å². The van der Waals surface area contributed by atoms with Gasteiger partial charge in [-0.05, 0) is 101 Å². The largest absolute Gasteiger partial charge is 0.354 e. The van der Waals surface area contributed by atoms with Crippen molar-refractivity contribution in [3.63, 3.8) is 0 Å². The first-order valence-corrected chi connectivity index (χ1v) is 12.3. The molecule has 174 valence electrons. The number of likely N-dealkylation sites (tertiary alicyclic amines) is 1. The van der Waals surface area contributed by atoms with E-state index in [-0.39, 0.29) is 0 Å². The summed E-state index contributed by atoms with van der Waals surface area (Å²) in [5.41, 5.74) is 7.29. The van der Waals surface area contributed by atoms with Crippen molar-refractivity contribution in [3.8, 4) is 11.3 Å². The number of nitrogens with zero attached hydrogens (tertiary/aromatic N) is 4. The van der Waals surface area contributed by atoms with Gasteiger partial charge in [0.1, 0.15) is 0 Å². The topological polar surface area (TPSA) is 63.8 Å². The Kier molecular flexibility index (Phi) is 6.21. The lowest BCUT2D eigenvalue weighted by molar-refractivity contribution is 0.203. The van der Waals surface area contributed by atoms with Gasteiger partial charge >= 0.3 is 0 Å². The quantitative estimate of drug-likeness (QED) is 0.403. The van der Waals surface area contributed by atoms with Crippen molar-refractivity contribution in [2.45, 2.75) is 44.9 Å². The van der Waals surface area contributed by atoms with Crippen LogP contribution in [0.1, 0.15) is 56.1 Å². The van der Waals surface area contributed by atoms with Gasteiger partial charge in [0.25, 0.3) is 0 Å². The van der Waals surface area contributed by atoms with E-state index < -0.39 is 0 Å². The van der Waals surface area contributed by atoms with Gasteiger partial charge in [-0.15, -0.1) is 0 Å². The van der Waals surface area contributed by atoms with E-state index in [2.05, 4.69) is 82.2 Å². The van der Waals surface area contributed by atoms with E-state index in [0.717, 1.165) is 11.0 Å². The van der Waals surface area contributed by atoms with Crippen molar-refractivity contribution in [1.29, 1.82) is 0 Å². The standard InChI is InChI=1S/C27H36N6/c1-18(2)25-22-16-20(19-9-14-33(15-10-19)13-5-12-32(3)4)6-7-24(22)30-26(25)21-8-11-28-27-23(21)17-29-31-27/h6-8,11,16-19,30H,5,9-10,12-15H2,1-4H3,(H,28,29,31). The van der Waals surface area contributed by atoms with Crippen LogP contribution in [0.15, 0.2) is 36.7 Å². The van der Waals surface area contributed by atoms with Crippen LogP contribution in [-0.4, -0.2) is 70.2 Å². The molecule has 1 aliphatic heterocycles. The van der Waals surface area contributed by atoms with Crippen LogP contribution in [0.4, 0.5) is 0 Å². The third-order valence-electron chi connectivity index (χ3n) is 7.20. The van der Waals surface area contributed by atoms with E-state index in [1.54, 1.807) is 0 Å². The third-order valence-corrected chi connectivity index (χ3v) is 7.20. The van der Waals surface area contributed by atoms with E-state index >= 15 is 0 Å². The van der Waals surface area contributed by atoms with Crippen LogP contribution in [0.2, 0.25) is 0 Å². The number of piperidine rings is 1. The number of fused-ring (bicyclic) bond motifs is 2. The molecule has 0 spiro atoms. The van der Waals surface area contributed by atoms with E-state index in [9.17, 15) is 0 Å². The van der Waals surface area contributed by atoms with Crippen LogP contribution < -0.4 is 0 Å². The fraction of sp³-hybridized carbons (Fsp3) is 0.481. The van der Waals surface area contributed by atoms with Crippen molar-refractivity contribution in [2.75, 3.05) is 40.3 Å². The number of benzene rings is 1. The number of aromatic nitrogens is 4. The van der Waals surface area contributed by atoms with E-state index in [4.69, 9.17) is 0 Å². The molecule has 0 unspecified atom stereocenters. The second kappa shape index (κ2) is 9.27. The molecule has 2 N–H and O–H groups in total. The molecule has 0 atom stereocenters. The van der Waals surface area contributed by atoms with Crippen LogP contribution in [0.3, 0.4) is 0 Å². The number of hydrogen-bond acceptors (Lipinski definition) is 4. The minimum Gasteiger partial charge on any atom is -0.354 e. The molecule has 0 radical (unpaired) electrons. The summed E-state index contributed by atoms with van der Waals surface area (Å²) in [5, 5.41) is 9.64. The van der Waals surface area contributed by atoms with E-state index in [0.29, 0.717) is 11.8 Å². The molecule has 6 heteroatoms. The Hall–Kier alpha value is -2.70. The third kappa shape index (κ3) is 4.42. The van der Waals surface area contributed by atoms with Crippen molar-refractivity contribution in [3.05, 3.63) is 47.8 Å². The lowest BCUT2D eigenvalue weighted by Crippen LogP contribution is -2.34. The van der Waals surface area contributed by atoms with Gasteiger partial charge in [0, 0.05) is 28.0 Å². The Balaban J connectivity index is 1.42. The number of nitrogens with one attached hydrogen (secondary N) is 2. The molecule has 1 fully saturated rings. The molecule has 6 nitrogen and oxygen atoms in total. The van der Waals surface area contributed by atoms with Gasteiger partial charge in [-0.1, -0.05) is 19.9 Å². The van der Waals surface area contributed by atoms with Gasteiger partial charge in [0.05, 0.1) is 11.9 Å². The highest BCUT2D eigenvalue weighted by Crippen LogP contribution is 2.39. The Bertz CT molecular complexity index is 1230. The minimum atomic E-state index is 0.415. The predicted octanol–water partition coefficient (Wildman–Crippen LogP) is 5.36. The molecule has 0 saturated carbocycles. The summed E-state index contributed by atoms with van der Waals surface area (Å²) in [7, 11) is 4.32. The van der Waals surface area contributed by atoms with Crippen molar-refractivity contribution in [1.82, 2.24) is 30.0 Å². The maximum atomic E-state index is 4.43. The lowest BCUT2D eigenvalue weighted by atomic mass is 9.87. The van der Waals surface area contributed by atoms with Crippen molar-refractivity contribution < 1.29 is 0 Å². The zero-order valence-electron chi connectivity index (χ0n) is 20.4. The highest BCUT2D eigenvalue weighted by atomic mass is 15.1. The summed E-state index contributed by atoms with van der Waals surface area (Å²) < 4.78 is 0. The van der Waals surface area contributed by atoms with Gasteiger partial charge in [-0.3, -0.25) is 5.10 Å². The zero-order chi connectivity index (χ0) is 22.9. The number of aromatic amines is 2. The molecular weight excluding hydrogens is 408 g/mol. The second-order valence-electron chi connectivity index (χ2n) is 10.1. The summed E-state index contributed by atoms with van der Waals surface area (Å²) in [5.74, 6) is 1.07. The number of rotatable bonds is 7. The lowest BCUT2D eigenvalue weighted by Gasteiger charge is -2.32. The van der Waals surface area contributed by atoms with Crippen molar-refractivity contribution in [2.24, 2.45) is 0 Å². The molecule has 0 bridgehead atoms. The Morgan fingerprint density at radius 1 is 1.12 bits per heavy atom. The van der Waals surface area contributed by atoms with Gasteiger partial charge in [-0.25, -0.2) is 4.98 Å². The maximum Gasteiger partial charge on any atom is 0.155 e. The Labute approximate surface area is 196 Å². The maximum absolute atomic E-state index is 4.43. The molecule has 4 heterocycles. The summed E-state index contributed by atoms with van der Waals surface area (Å²) in [6.07, 6.45) is 7.50. The van der Waals surface area contributed by atoms with Crippen LogP contribution in [0.25, 0.3) is 33.2 Å². The fourth-order valence-corrected chi connectivity index (χ4v) is 5.47. The molecule has 0 amide bonds. The van der Waals surface area contributed by atoms with Crippen LogP contribution in [-0.2, 0) is 0 Å². The molecule has 1 aliphatic rings. The first-order chi connectivity index (χ1) is 16.0. The van der Waals surface area contributed by atoms with Crippen LogP contribution in [0, 0.1) is 0 Å². The smallest absolute Gasteiger partial charge is 0.155 e. The van der Waals surface area contributed by atoms with Crippen molar-refractivity contribution >= 4 is 21.9 Å². The molecule has 3 aromatic heterocycles. The average molecular weight is 445 g/mol. The van der Waals surface area contributed by atoms with Gasteiger partial charge < -0.3 is 14.8 Å². The number of hydrogen-bond donors (Lipinski definition) is 2. The molecule has 1 saturated heterocycles. The molecule has 1 aromatic carbocycles. The SMILES string of the molecule is CC(C)c1c(-c2ccnc3[nH]ncc23)[nH]c2ccc(C3CCN(CCCN(C)C)CC3)cc12. The predicted molar refractivity (Wildman–Crippen MR) is 137 cm³/mol. The van der Waals surface area contributed by atoms with Crippen LogP contribution >= 0.6 is 0 Å². The summed E-state index contributed by atoms with van der Waals surface area (Å²) >= 11 is 0. The Morgan fingerprint density at radius 2 is 1.94 bits per heavy atom. The van der Waals surface area contributed by atoms with E-state index in [1.807, 2.05) is 12.4 Å². The molecule has 5 rings (SSSR count). The molecular formula is C27H36N6. The second-order valence-corrected chi connectivity index (χ2v) is 10.1. The zero-order valence-corrected chi connectivity index (χ0v) is 20.4. The number of pyridine rings is 1. The van der Waals surface area contributed by atoms with Gasteiger partial charge in [0.2, 0.25) is 0 Å². The summed E-state index contributed by atoms with van der Waals surface area (Å²) in [6.45, 7) is 9.39. The summed E-state index contributed by atoms with van der Waals surface area (Å²) in [6, 6.07) is 9.20. The highest BCUT2D eigenvalue weighted by molar-refractivity contribution is 5.98. The minimum absolute atomic E-state index is 0.415. The number of H-pyrrole nitrogens is 2.